The summed E-state index contributed by atoms with van der Waals surface area (Å²) in [6.45, 7) is 6.27. The van der Waals surface area contributed by atoms with E-state index in [0.717, 1.165) is 49.1 Å². The fraction of sp³-hybridized carbons (Fsp3) is 0.333. The Labute approximate surface area is 235 Å². The minimum atomic E-state index is -0.409. The fourth-order valence-corrected chi connectivity index (χ4v) is 4.61. The number of hydrogen-bond donors (Lipinski definition) is 3. The number of nitrogens with zero attached hydrogens (tertiary/aromatic N) is 2. The van der Waals surface area contributed by atoms with E-state index in [1.165, 1.54) is 0 Å². The molecule has 212 valence electrons. The van der Waals surface area contributed by atoms with Gasteiger partial charge in [0.15, 0.2) is 0 Å². The van der Waals surface area contributed by atoms with Gasteiger partial charge in [-0.15, -0.1) is 0 Å². The van der Waals surface area contributed by atoms with Gasteiger partial charge >= 0.3 is 6.03 Å². The van der Waals surface area contributed by atoms with Gasteiger partial charge in [0.2, 0.25) is 0 Å². The van der Waals surface area contributed by atoms with Gasteiger partial charge in [-0.1, -0.05) is 12.1 Å². The second-order valence-corrected chi connectivity index (χ2v) is 9.16. The smallest absolute Gasteiger partial charge is 0.323 e. The van der Waals surface area contributed by atoms with Crippen LogP contribution in [0.2, 0.25) is 0 Å². The first-order valence-electron chi connectivity index (χ1n) is 13.4. The lowest BCUT2D eigenvalue weighted by atomic mass is 10.1. The molecule has 3 N–H and O–H groups in total. The van der Waals surface area contributed by atoms with Crippen LogP contribution in [0.5, 0.6) is 11.5 Å². The van der Waals surface area contributed by atoms with E-state index in [1.54, 1.807) is 44.6 Å². The molecule has 0 aliphatic carbocycles. The first-order valence-corrected chi connectivity index (χ1v) is 13.4. The Hall–Kier alpha value is -4.44. The van der Waals surface area contributed by atoms with Gasteiger partial charge in [-0.2, -0.15) is 0 Å². The Morgan fingerprint density at radius 2 is 1.48 bits per heavy atom. The molecule has 0 atom stereocenters. The number of hydrogen-bond acceptors (Lipinski definition) is 7. The Bertz CT molecular complexity index is 1280. The van der Waals surface area contributed by atoms with E-state index in [-0.39, 0.29) is 5.91 Å². The standard InChI is InChI=1S/C30H37N5O5/c1-4-40-24-12-9-22(10-13-24)32-30(37)33-23-11-14-26(25(21-23)29(36)31-15-20-38-2)34-16-18-35(19-17-34)27-7-5-6-8-28(27)39-3/h5-14,21H,4,15-20H2,1-3H3,(H,31,36)(H2,32,33,37). The lowest BCUT2D eigenvalue weighted by Gasteiger charge is -2.38. The highest BCUT2D eigenvalue weighted by molar-refractivity contribution is 6.04. The van der Waals surface area contributed by atoms with Crippen molar-refractivity contribution >= 4 is 34.7 Å². The first kappa shape index (κ1) is 28.6. The van der Waals surface area contributed by atoms with E-state index in [4.69, 9.17) is 14.2 Å². The predicted octanol–water partition coefficient (Wildman–Crippen LogP) is 4.44. The Morgan fingerprint density at radius 3 is 2.15 bits per heavy atom. The summed E-state index contributed by atoms with van der Waals surface area (Å²) in [6.07, 6.45) is 0. The van der Waals surface area contributed by atoms with E-state index in [2.05, 4.69) is 31.8 Å². The summed E-state index contributed by atoms with van der Waals surface area (Å²) in [5.74, 6) is 1.35. The summed E-state index contributed by atoms with van der Waals surface area (Å²) in [5.41, 5.74) is 3.49. The fourth-order valence-electron chi connectivity index (χ4n) is 4.61. The van der Waals surface area contributed by atoms with Crippen molar-refractivity contribution < 1.29 is 23.8 Å². The van der Waals surface area contributed by atoms with Crippen LogP contribution in [0.15, 0.2) is 66.7 Å². The van der Waals surface area contributed by atoms with Gasteiger partial charge in [-0.25, -0.2) is 4.79 Å². The number of piperazine rings is 1. The van der Waals surface area contributed by atoms with Crippen molar-refractivity contribution in [3.8, 4) is 11.5 Å². The van der Waals surface area contributed by atoms with Crippen molar-refractivity contribution in [3.63, 3.8) is 0 Å². The maximum atomic E-state index is 13.2. The molecule has 1 saturated heterocycles. The van der Waals surface area contributed by atoms with Crippen molar-refractivity contribution in [1.29, 1.82) is 0 Å². The van der Waals surface area contributed by atoms with Crippen LogP contribution in [0.1, 0.15) is 17.3 Å². The molecule has 1 heterocycles. The number of urea groups is 1. The molecule has 1 aliphatic rings. The second-order valence-electron chi connectivity index (χ2n) is 9.16. The van der Waals surface area contributed by atoms with Gasteiger partial charge in [0.05, 0.1) is 31.6 Å². The number of carbonyl (C=O) groups is 2. The number of carbonyl (C=O) groups excluding carboxylic acids is 2. The molecule has 0 aromatic heterocycles. The summed E-state index contributed by atoms with van der Waals surface area (Å²) in [5, 5.41) is 8.55. The highest BCUT2D eigenvalue weighted by Crippen LogP contribution is 2.31. The number of benzene rings is 3. The molecule has 0 radical (unpaired) electrons. The number of rotatable bonds is 11. The molecule has 0 bridgehead atoms. The number of methoxy groups -OCH3 is 2. The summed E-state index contributed by atoms with van der Waals surface area (Å²) >= 11 is 0. The molecule has 3 amide bonds. The van der Waals surface area contributed by atoms with Gasteiger partial charge in [0.1, 0.15) is 11.5 Å². The van der Waals surface area contributed by atoms with E-state index in [1.807, 2.05) is 37.3 Å². The van der Waals surface area contributed by atoms with Gasteiger partial charge < -0.3 is 40.0 Å². The molecule has 0 saturated carbocycles. The predicted molar refractivity (Wildman–Crippen MR) is 158 cm³/mol. The van der Waals surface area contributed by atoms with Crippen LogP contribution < -0.4 is 35.2 Å². The molecule has 40 heavy (non-hydrogen) atoms. The average Bonchev–Trinajstić information content (AvgIpc) is 2.98. The molecule has 10 heteroatoms. The SMILES string of the molecule is CCOc1ccc(NC(=O)Nc2ccc(N3CCN(c4ccccc4OC)CC3)c(C(=O)NCCOC)c2)cc1. The summed E-state index contributed by atoms with van der Waals surface area (Å²) in [7, 11) is 3.27. The molecule has 3 aromatic carbocycles. The van der Waals surface area contributed by atoms with Crippen LogP contribution in [-0.2, 0) is 4.74 Å². The van der Waals surface area contributed by atoms with E-state index < -0.39 is 6.03 Å². The summed E-state index contributed by atoms with van der Waals surface area (Å²) in [4.78, 5) is 30.4. The van der Waals surface area contributed by atoms with Crippen LogP contribution in [0.3, 0.4) is 0 Å². The number of nitrogens with one attached hydrogen (secondary N) is 3. The largest absolute Gasteiger partial charge is 0.495 e. The van der Waals surface area contributed by atoms with Crippen molar-refractivity contribution in [3.05, 3.63) is 72.3 Å². The molecule has 0 spiro atoms. The number of ether oxygens (including phenoxy) is 3. The van der Waals surface area contributed by atoms with E-state index >= 15 is 0 Å². The summed E-state index contributed by atoms with van der Waals surface area (Å²) < 4.78 is 16.1. The topological polar surface area (TPSA) is 104 Å². The van der Waals surface area contributed by atoms with Gasteiger partial charge in [-0.05, 0) is 61.5 Å². The first-order chi connectivity index (χ1) is 19.5. The molecule has 10 nitrogen and oxygen atoms in total. The molecule has 4 rings (SSSR count). The number of para-hydroxylation sites is 2. The summed E-state index contributed by atoms with van der Waals surface area (Å²) in [6, 6.07) is 20.1. The molecule has 1 fully saturated rings. The minimum absolute atomic E-state index is 0.227. The van der Waals surface area contributed by atoms with Gasteiger partial charge in [0.25, 0.3) is 5.91 Å². The highest BCUT2D eigenvalue weighted by Gasteiger charge is 2.24. The molecule has 0 unspecified atom stereocenters. The van der Waals surface area contributed by atoms with Gasteiger partial charge in [0, 0.05) is 56.9 Å². The second kappa shape index (κ2) is 14.1. The third kappa shape index (κ3) is 7.35. The van der Waals surface area contributed by atoms with Gasteiger partial charge in [-0.3, -0.25) is 4.79 Å². The number of anilines is 4. The zero-order chi connectivity index (χ0) is 28.3. The van der Waals surface area contributed by atoms with Crippen molar-refractivity contribution in [2.45, 2.75) is 6.92 Å². The zero-order valence-corrected chi connectivity index (χ0v) is 23.2. The lowest BCUT2D eigenvalue weighted by molar-refractivity contribution is 0.0937. The van der Waals surface area contributed by atoms with Crippen LogP contribution >= 0.6 is 0 Å². The Balaban J connectivity index is 1.47. The maximum absolute atomic E-state index is 13.2. The third-order valence-electron chi connectivity index (χ3n) is 6.56. The van der Waals surface area contributed by atoms with Crippen molar-refractivity contribution in [2.24, 2.45) is 0 Å². The average molecular weight is 548 g/mol. The Kier molecular flexibility index (Phi) is 10.1. The quantitative estimate of drug-likeness (QED) is 0.305. The van der Waals surface area contributed by atoms with Crippen LogP contribution in [0.25, 0.3) is 0 Å². The maximum Gasteiger partial charge on any atom is 0.323 e. The monoisotopic (exact) mass is 547 g/mol. The van der Waals surface area contributed by atoms with Crippen LogP contribution in [-0.4, -0.2) is 72.1 Å². The molecule has 1 aliphatic heterocycles. The van der Waals surface area contributed by atoms with E-state index in [9.17, 15) is 9.59 Å². The van der Waals surface area contributed by atoms with Crippen molar-refractivity contribution in [1.82, 2.24) is 5.32 Å². The zero-order valence-electron chi connectivity index (χ0n) is 23.2. The third-order valence-corrected chi connectivity index (χ3v) is 6.56. The minimum Gasteiger partial charge on any atom is -0.495 e. The molecular formula is C30H37N5O5. The van der Waals surface area contributed by atoms with Crippen molar-refractivity contribution in [2.75, 3.05) is 80.6 Å². The normalized spacial score (nSPS) is 13.0. The van der Waals surface area contributed by atoms with Crippen LogP contribution in [0, 0.1) is 0 Å². The molecule has 3 aromatic rings. The lowest BCUT2D eigenvalue weighted by Crippen LogP contribution is -2.47. The Morgan fingerprint density at radius 1 is 0.825 bits per heavy atom. The number of amides is 3. The molecular weight excluding hydrogens is 510 g/mol. The van der Waals surface area contributed by atoms with E-state index in [0.29, 0.717) is 36.7 Å². The van der Waals surface area contributed by atoms with Crippen LogP contribution in [0.4, 0.5) is 27.5 Å². The highest BCUT2D eigenvalue weighted by atomic mass is 16.5.